The van der Waals surface area contributed by atoms with Gasteiger partial charge >= 0.3 is 0 Å². The van der Waals surface area contributed by atoms with Gasteiger partial charge in [-0.15, -0.1) is 12.4 Å². The monoisotopic (exact) mass is 262 g/mol. The summed E-state index contributed by atoms with van der Waals surface area (Å²) < 4.78 is 11.2. The van der Waals surface area contributed by atoms with Gasteiger partial charge in [-0.2, -0.15) is 0 Å². The Morgan fingerprint density at radius 3 is 2.62 bits per heavy atom. The number of amides is 1. The molecule has 0 aromatic heterocycles. The standard InChI is InChI=1S/C10H14N2O2S.ClH/c1-7(11)10(13)12-8-4-3-5-9(6-8)15(2)14;/h3-7H,11H2,1-2H3,(H,12,13);1H. The highest BCUT2D eigenvalue weighted by molar-refractivity contribution is 7.84. The second-order valence-electron chi connectivity index (χ2n) is 3.26. The first-order chi connectivity index (χ1) is 7.00. The van der Waals surface area contributed by atoms with Crippen molar-refractivity contribution in [2.75, 3.05) is 11.6 Å². The predicted octanol–water partition coefficient (Wildman–Crippen LogP) is 1.13. The Balaban J connectivity index is 0.00000225. The molecule has 0 saturated carbocycles. The number of anilines is 1. The van der Waals surface area contributed by atoms with Crippen molar-refractivity contribution < 1.29 is 9.00 Å². The summed E-state index contributed by atoms with van der Waals surface area (Å²) in [5.41, 5.74) is 6.03. The number of hydrogen-bond acceptors (Lipinski definition) is 3. The lowest BCUT2D eigenvalue weighted by Gasteiger charge is -2.08. The highest BCUT2D eigenvalue weighted by atomic mass is 35.5. The molecule has 1 aromatic carbocycles. The van der Waals surface area contributed by atoms with Gasteiger partial charge in [0.05, 0.1) is 6.04 Å². The van der Waals surface area contributed by atoms with E-state index in [0.717, 1.165) is 0 Å². The number of halogens is 1. The highest BCUT2D eigenvalue weighted by Crippen LogP contribution is 2.13. The minimum atomic E-state index is -1.05. The van der Waals surface area contributed by atoms with Crippen LogP contribution in [-0.4, -0.2) is 22.4 Å². The van der Waals surface area contributed by atoms with Gasteiger partial charge in [-0.1, -0.05) is 6.07 Å². The van der Waals surface area contributed by atoms with E-state index in [1.165, 1.54) is 0 Å². The minimum absolute atomic E-state index is 0. The number of benzene rings is 1. The van der Waals surface area contributed by atoms with Crippen LogP contribution in [0.4, 0.5) is 5.69 Å². The zero-order valence-electron chi connectivity index (χ0n) is 9.10. The molecule has 0 radical (unpaired) electrons. The molecule has 1 amide bonds. The van der Waals surface area contributed by atoms with Crippen LogP contribution in [0.25, 0.3) is 0 Å². The van der Waals surface area contributed by atoms with Crippen molar-refractivity contribution in [3.05, 3.63) is 24.3 Å². The van der Waals surface area contributed by atoms with E-state index in [9.17, 15) is 9.00 Å². The summed E-state index contributed by atoms with van der Waals surface area (Å²) in [4.78, 5) is 12.0. The van der Waals surface area contributed by atoms with Gasteiger partial charge in [-0.3, -0.25) is 9.00 Å². The van der Waals surface area contributed by atoms with Crippen molar-refractivity contribution in [2.24, 2.45) is 5.73 Å². The average Bonchev–Trinajstić information content (AvgIpc) is 2.18. The summed E-state index contributed by atoms with van der Waals surface area (Å²) in [6.45, 7) is 1.61. The Bertz CT molecular complexity index is 396. The van der Waals surface area contributed by atoms with E-state index in [-0.39, 0.29) is 18.3 Å². The SMILES string of the molecule is CC(N)C(=O)Nc1cccc(S(C)=O)c1.Cl. The topological polar surface area (TPSA) is 72.2 Å². The summed E-state index contributed by atoms with van der Waals surface area (Å²) in [5, 5.41) is 2.64. The number of carbonyl (C=O) groups is 1. The Labute approximate surface area is 103 Å². The molecule has 0 bridgehead atoms. The van der Waals surface area contributed by atoms with Gasteiger partial charge in [-0.05, 0) is 25.1 Å². The summed E-state index contributed by atoms with van der Waals surface area (Å²) in [7, 11) is -1.05. The molecule has 3 N–H and O–H groups in total. The Kier molecular flexibility index (Phi) is 6.25. The lowest BCUT2D eigenvalue weighted by atomic mass is 10.3. The van der Waals surface area contributed by atoms with Gasteiger partial charge in [0, 0.05) is 27.6 Å². The number of nitrogens with two attached hydrogens (primary N) is 1. The number of carbonyl (C=O) groups excluding carboxylic acids is 1. The highest BCUT2D eigenvalue weighted by Gasteiger charge is 2.07. The molecule has 4 nitrogen and oxygen atoms in total. The number of hydrogen-bond donors (Lipinski definition) is 2. The van der Waals surface area contributed by atoms with Crippen LogP contribution in [0, 0.1) is 0 Å². The van der Waals surface area contributed by atoms with Crippen molar-refractivity contribution in [2.45, 2.75) is 17.9 Å². The molecule has 0 heterocycles. The number of rotatable bonds is 3. The van der Waals surface area contributed by atoms with Crippen LogP contribution in [0.1, 0.15) is 6.92 Å². The van der Waals surface area contributed by atoms with E-state index in [2.05, 4.69) is 5.32 Å². The molecule has 90 valence electrons. The molecule has 1 rings (SSSR count). The third kappa shape index (κ3) is 4.30. The smallest absolute Gasteiger partial charge is 0.240 e. The normalized spacial score (nSPS) is 13.4. The maximum Gasteiger partial charge on any atom is 0.240 e. The fraction of sp³-hybridized carbons (Fsp3) is 0.300. The van der Waals surface area contributed by atoms with Crippen LogP contribution in [-0.2, 0) is 15.6 Å². The van der Waals surface area contributed by atoms with Crippen LogP contribution in [0.3, 0.4) is 0 Å². The first-order valence-electron chi connectivity index (χ1n) is 4.50. The first kappa shape index (κ1) is 15.1. The molecule has 0 aliphatic rings. The molecule has 1 aromatic rings. The molecular formula is C10H15ClN2O2S. The van der Waals surface area contributed by atoms with E-state index in [0.29, 0.717) is 10.6 Å². The minimum Gasteiger partial charge on any atom is -0.325 e. The fourth-order valence-corrected chi connectivity index (χ4v) is 1.57. The van der Waals surface area contributed by atoms with Crippen LogP contribution >= 0.6 is 12.4 Å². The van der Waals surface area contributed by atoms with Crippen molar-refractivity contribution in [1.29, 1.82) is 0 Å². The lowest BCUT2D eigenvalue weighted by molar-refractivity contribution is -0.117. The average molecular weight is 263 g/mol. The molecule has 2 atom stereocenters. The van der Waals surface area contributed by atoms with E-state index < -0.39 is 16.8 Å². The zero-order chi connectivity index (χ0) is 11.4. The maximum atomic E-state index is 11.3. The molecule has 16 heavy (non-hydrogen) atoms. The Morgan fingerprint density at radius 1 is 1.50 bits per heavy atom. The molecule has 0 spiro atoms. The van der Waals surface area contributed by atoms with Gasteiger partial charge in [0.15, 0.2) is 0 Å². The van der Waals surface area contributed by atoms with Crippen molar-refractivity contribution >= 4 is 34.8 Å². The second kappa shape index (κ2) is 6.62. The van der Waals surface area contributed by atoms with Gasteiger partial charge in [0.2, 0.25) is 5.91 Å². The van der Waals surface area contributed by atoms with Crippen LogP contribution in [0.15, 0.2) is 29.2 Å². The molecule has 0 aliphatic carbocycles. The summed E-state index contributed by atoms with van der Waals surface area (Å²) in [6, 6.07) is 6.35. The van der Waals surface area contributed by atoms with Crippen molar-refractivity contribution in [3.8, 4) is 0 Å². The van der Waals surface area contributed by atoms with Crippen LogP contribution in [0.2, 0.25) is 0 Å². The zero-order valence-corrected chi connectivity index (χ0v) is 10.7. The largest absolute Gasteiger partial charge is 0.325 e. The van der Waals surface area contributed by atoms with Gasteiger partial charge in [0.1, 0.15) is 0 Å². The van der Waals surface area contributed by atoms with Crippen LogP contribution < -0.4 is 11.1 Å². The molecule has 6 heteroatoms. The quantitative estimate of drug-likeness (QED) is 0.858. The van der Waals surface area contributed by atoms with E-state index in [1.54, 1.807) is 37.4 Å². The Hall–Kier alpha value is -0.910. The molecule has 2 unspecified atom stereocenters. The fourth-order valence-electron chi connectivity index (χ4n) is 1.01. The first-order valence-corrected chi connectivity index (χ1v) is 6.06. The molecule has 0 aliphatic heterocycles. The van der Waals surface area contributed by atoms with Crippen molar-refractivity contribution in [3.63, 3.8) is 0 Å². The van der Waals surface area contributed by atoms with Gasteiger partial charge in [0.25, 0.3) is 0 Å². The maximum absolute atomic E-state index is 11.3. The molecular weight excluding hydrogens is 248 g/mol. The van der Waals surface area contributed by atoms with Crippen LogP contribution in [0.5, 0.6) is 0 Å². The van der Waals surface area contributed by atoms with E-state index in [1.807, 2.05) is 0 Å². The summed E-state index contributed by atoms with van der Waals surface area (Å²) in [6.07, 6.45) is 1.59. The summed E-state index contributed by atoms with van der Waals surface area (Å²) in [5.74, 6) is -0.256. The molecule has 0 saturated heterocycles. The second-order valence-corrected chi connectivity index (χ2v) is 4.64. The predicted molar refractivity (Wildman–Crippen MR) is 68.3 cm³/mol. The van der Waals surface area contributed by atoms with E-state index in [4.69, 9.17) is 5.73 Å². The van der Waals surface area contributed by atoms with Crippen molar-refractivity contribution in [1.82, 2.24) is 0 Å². The third-order valence-corrected chi connectivity index (χ3v) is 2.76. The molecule has 0 fully saturated rings. The lowest BCUT2D eigenvalue weighted by Crippen LogP contribution is -2.32. The third-order valence-electron chi connectivity index (χ3n) is 1.85. The van der Waals surface area contributed by atoms with E-state index >= 15 is 0 Å². The summed E-state index contributed by atoms with van der Waals surface area (Å²) >= 11 is 0. The van der Waals surface area contributed by atoms with Gasteiger partial charge in [-0.25, -0.2) is 0 Å². The number of nitrogens with one attached hydrogen (secondary N) is 1. The Morgan fingerprint density at radius 2 is 2.12 bits per heavy atom. The van der Waals surface area contributed by atoms with Gasteiger partial charge < -0.3 is 11.1 Å².